The van der Waals surface area contributed by atoms with Crippen LogP contribution in [0.3, 0.4) is 0 Å². The van der Waals surface area contributed by atoms with E-state index in [0.29, 0.717) is 25.4 Å². The molecule has 1 saturated carbocycles. The van der Waals surface area contributed by atoms with E-state index in [4.69, 9.17) is 0 Å². The van der Waals surface area contributed by atoms with E-state index >= 15 is 0 Å². The lowest BCUT2D eigenvalue weighted by atomic mass is 9.75. The summed E-state index contributed by atoms with van der Waals surface area (Å²) in [5.41, 5.74) is 3.93. The molecule has 3 aliphatic rings. The van der Waals surface area contributed by atoms with Crippen molar-refractivity contribution in [1.29, 1.82) is 0 Å². The van der Waals surface area contributed by atoms with Crippen molar-refractivity contribution in [3.8, 4) is 0 Å². The van der Waals surface area contributed by atoms with Gasteiger partial charge in [0.05, 0.1) is 11.0 Å². The molecule has 1 aromatic rings. The van der Waals surface area contributed by atoms with Gasteiger partial charge in [-0.05, 0) is 37.3 Å². The lowest BCUT2D eigenvalue weighted by Gasteiger charge is -2.30. The van der Waals surface area contributed by atoms with E-state index < -0.39 is 29.0 Å². The molecule has 2 saturated heterocycles. The molecule has 3 unspecified atom stereocenters. The fourth-order valence-electron chi connectivity index (χ4n) is 5.11. The smallest absolute Gasteiger partial charge is 0.344 e. The second-order valence-corrected chi connectivity index (χ2v) is 9.80. The third-order valence-corrected chi connectivity index (χ3v) is 7.08. The summed E-state index contributed by atoms with van der Waals surface area (Å²) in [6.07, 6.45) is -0.997. The van der Waals surface area contributed by atoms with Crippen molar-refractivity contribution >= 4 is 17.7 Å². The normalized spacial score (nSPS) is 27.5. The van der Waals surface area contributed by atoms with Gasteiger partial charge in [0.15, 0.2) is 0 Å². The van der Waals surface area contributed by atoms with Gasteiger partial charge in [-0.3, -0.25) is 30.1 Å². The number of likely N-dealkylation sites (tertiary alicyclic amines) is 1. The largest absolute Gasteiger partial charge is 0.416 e. The monoisotopic (exact) mass is 480 g/mol. The van der Waals surface area contributed by atoms with E-state index in [1.54, 1.807) is 7.05 Å². The highest BCUT2D eigenvalue weighted by Crippen LogP contribution is 2.45. The van der Waals surface area contributed by atoms with Crippen molar-refractivity contribution in [3.63, 3.8) is 0 Å². The molecule has 34 heavy (non-hydrogen) atoms. The van der Waals surface area contributed by atoms with E-state index in [9.17, 15) is 27.6 Å². The van der Waals surface area contributed by atoms with Gasteiger partial charge < -0.3 is 4.90 Å². The zero-order valence-corrected chi connectivity index (χ0v) is 19.5. The maximum absolute atomic E-state index is 13.5. The molecule has 3 atom stereocenters. The van der Waals surface area contributed by atoms with Crippen molar-refractivity contribution in [2.45, 2.75) is 81.6 Å². The topological polar surface area (TPSA) is 81.8 Å². The molecule has 2 heterocycles. The Bertz CT molecular complexity index is 965. The number of hydrogen-bond acceptors (Lipinski definition) is 5. The summed E-state index contributed by atoms with van der Waals surface area (Å²) in [5.74, 6) is -1.37. The first kappa shape index (κ1) is 24.7. The van der Waals surface area contributed by atoms with Gasteiger partial charge in [0, 0.05) is 44.6 Å². The first-order valence-electron chi connectivity index (χ1n) is 11.8. The standard InChI is InChI=1S/C24H31F3N4O3/c1-3-5-17-11-18(29-28-17)14-30(2)20(32)12-23(13-21(33)31(22(23)34)19-8-9-19)15-6-4-7-16(10-15)24(25,26)27/h4,6-7,10,17-19,28-29H,3,5,8-9,11-14H2,1-2H3. The second-order valence-electron chi connectivity index (χ2n) is 9.80. The number of benzene rings is 1. The molecule has 2 N–H and O–H groups in total. The maximum atomic E-state index is 13.5. The van der Waals surface area contributed by atoms with E-state index in [1.807, 2.05) is 0 Å². The minimum atomic E-state index is -4.60. The quantitative estimate of drug-likeness (QED) is 0.560. The van der Waals surface area contributed by atoms with Crippen LogP contribution < -0.4 is 10.9 Å². The van der Waals surface area contributed by atoms with Crippen molar-refractivity contribution in [2.75, 3.05) is 13.6 Å². The highest BCUT2D eigenvalue weighted by molar-refractivity contribution is 6.11. The summed E-state index contributed by atoms with van der Waals surface area (Å²) in [4.78, 5) is 42.3. The predicted octanol–water partition coefficient (Wildman–Crippen LogP) is 2.75. The number of alkyl halides is 3. The van der Waals surface area contributed by atoms with Crippen molar-refractivity contribution in [1.82, 2.24) is 20.7 Å². The van der Waals surface area contributed by atoms with E-state index in [2.05, 4.69) is 17.8 Å². The number of nitrogens with one attached hydrogen (secondary N) is 2. The summed E-state index contributed by atoms with van der Waals surface area (Å²) in [5, 5.41) is 0. The number of rotatable bonds is 8. The number of carbonyl (C=O) groups excluding carboxylic acids is 3. The molecule has 3 amide bonds. The van der Waals surface area contributed by atoms with Crippen LogP contribution in [-0.2, 0) is 26.0 Å². The van der Waals surface area contributed by atoms with Gasteiger partial charge in [0.1, 0.15) is 0 Å². The Morgan fingerprint density at radius 3 is 2.56 bits per heavy atom. The van der Waals surface area contributed by atoms with Crippen molar-refractivity contribution in [3.05, 3.63) is 35.4 Å². The Kier molecular flexibility index (Phi) is 6.74. The van der Waals surface area contributed by atoms with Crippen LogP contribution in [0, 0.1) is 0 Å². The summed E-state index contributed by atoms with van der Waals surface area (Å²) in [6.45, 7) is 2.49. The molecule has 7 nitrogen and oxygen atoms in total. The van der Waals surface area contributed by atoms with Crippen LogP contribution in [0.5, 0.6) is 0 Å². The number of halogens is 3. The number of nitrogens with zero attached hydrogens (tertiary/aromatic N) is 2. The van der Waals surface area contributed by atoms with Gasteiger partial charge in [0.2, 0.25) is 17.7 Å². The number of amides is 3. The molecular weight excluding hydrogens is 449 g/mol. The second kappa shape index (κ2) is 9.30. The molecule has 0 aromatic heterocycles. The fourth-order valence-corrected chi connectivity index (χ4v) is 5.11. The van der Waals surface area contributed by atoms with Crippen molar-refractivity contribution in [2.24, 2.45) is 0 Å². The molecule has 1 aromatic carbocycles. The highest BCUT2D eigenvalue weighted by atomic mass is 19.4. The number of hydrogen-bond donors (Lipinski definition) is 2. The van der Waals surface area contributed by atoms with E-state index in [0.717, 1.165) is 31.4 Å². The van der Waals surface area contributed by atoms with Gasteiger partial charge >= 0.3 is 6.18 Å². The Labute approximate surface area is 197 Å². The molecule has 1 aliphatic carbocycles. The van der Waals surface area contributed by atoms with Crippen LogP contribution in [0.25, 0.3) is 0 Å². The fraction of sp³-hybridized carbons (Fsp3) is 0.625. The predicted molar refractivity (Wildman–Crippen MR) is 118 cm³/mol. The summed E-state index contributed by atoms with van der Waals surface area (Å²) < 4.78 is 40.3. The van der Waals surface area contributed by atoms with Crippen LogP contribution in [0.15, 0.2) is 24.3 Å². The molecule has 2 aliphatic heterocycles. The molecule has 3 fully saturated rings. The minimum Gasteiger partial charge on any atom is -0.344 e. The third kappa shape index (κ3) is 4.84. The average molecular weight is 481 g/mol. The average Bonchev–Trinajstić information content (AvgIpc) is 3.45. The minimum absolute atomic E-state index is 0.0267. The first-order valence-corrected chi connectivity index (χ1v) is 11.8. The number of imide groups is 1. The summed E-state index contributed by atoms with van der Waals surface area (Å²) in [7, 11) is 1.62. The van der Waals surface area contributed by atoms with Gasteiger partial charge in [-0.1, -0.05) is 31.5 Å². The Morgan fingerprint density at radius 1 is 1.21 bits per heavy atom. The van der Waals surface area contributed by atoms with E-state index in [-0.39, 0.29) is 36.4 Å². The van der Waals surface area contributed by atoms with Gasteiger partial charge in [0.25, 0.3) is 0 Å². The lowest BCUT2D eigenvalue weighted by Crippen LogP contribution is -2.46. The van der Waals surface area contributed by atoms with Crippen LogP contribution in [0.1, 0.15) is 63.0 Å². The SMILES string of the molecule is CCCC1CC(CN(C)C(=O)CC2(c3cccc(C(F)(F)F)c3)CC(=O)N(C3CC3)C2=O)NN1. The molecule has 186 valence electrons. The molecule has 0 radical (unpaired) electrons. The molecule has 4 rings (SSSR count). The zero-order valence-electron chi connectivity index (χ0n) is 19.5. The first-order chi connectivity index (χ1) is 16.0. The number of carbonyl (C=O) groups is 3. The molecular formula is C24H31F3N4O3. The van der Waals surface area contributed by atoms with Crippen molar-refractivity contribution < 1.29 is 27.6 Å². The summed E-state index contributed by atoms with van der Waals surface area (Å²) in [6, 6.07) is 4.61. The Balaban J connectivity index is 1.58. The zero-order chi connectivity index (χ0) is 24.7. The summed E-state index contributed by atoms with van der Waals surface area (Å²) >= 11 is 0. The highest BCUT2D eigenvalue weighted by Gasteiger charge is 2.57. The molecule has 0 spiro atoms. The van der Waals surface area contributed by atoms with Crippen LogP contribution in [0.4, 0.5) is 13.2 Å². The van der Waals surface area contributed by atoms with E-state index in [1.165, 1.54) is 21.9 Å². The number of likely N-dealkylation sites (N-methyl/N-ethyl adjacent to an activating group) is 1. The molecule has 10 heteroatoms. The van der Waals surface area contributed by atoms with Gasteiger partial charge in [-0.15, -0.1) is 0 Å². The molecule has 0 bridgehead atoms. The van der Waals surface area contributed by atoms with Crippen LogP contribution in [0.2, 0.25) is 0 Å². The van der Waals surface area contributed by atoms with Gasteiger partial charge in [-0.25, -0.2) is 0 Å². The Morgan fingerprint density at radius 2 is 1.91 bits per heavy atom. The lowest BCUT2D eigenvalue weighted by molar-refractivity contribution is -0.143. The number of hydrazine groups is 1. The van der Waals surface area contributed by atoms with Crippen LogP contribution in [-0.4, -0.2) is 59.2 Å². The Hall–Kier alpha value is -2.46. The van der Waals surface area contributed by atoms with Crippen LogP contribution >= 0.6 is 0 Å². The van der Waals surface area contributed by atoms with Gasteiger partial charge in [-0.2, -0.15) is 13.2 Å². The maximum Gasteiger partial charge on any atom is 0.416 e. The third-order valence-electron chi connectivity index (χ3n) is 7.08.